The molecular formula is C21H21FN4O2S2. The van der Waals surface area contributed by atoms with Crippen LogP contribution >= 0.6 is 11.8 Å². The van der Waals surface area contributed by atoms with Gasteiger partial charge in [-0.2, -0.15) is 0 Å². The summed E-state index contributed by atoms with van der Waals surface area (Å²) in [5.41, 5.74) is 2.67. The van der Waals surface area contributed by atoms with Crippen LogP contribution in [0.3, 0.4) is 0 Å². The second-order valence-electron chi connectivity index (χ2n) is 6.91. The zero-order valence-electron chi connectivity index (χ0n) is 16.5. The Labute approximate surface area is 178 Å². The van der Waals surface area contributed by atoms with Crippen molar-refractivity contribution in [2.24, 2.45) is 0 Å². The molecule has 30 heavy (non-hydrogen) atoms. The van der Waals surface area contributed by atoms with Gasteiger partial charge in [-0.3, -0.25) is 0 Å². The van der Waals surface area contributed by atoms with Gasteiger partial charge in [0.2, 0.25) is 5.16 Å². The van der Waals surface area contributed by atoms with E-state index in [1.54, 1.807) is 0 Å². The van der Waals surface area contributed by atoms with Gasteiger partial charge in [0.1, 0.15) is 11.3 Å². The van der Waals surface area contributed by atoms with Crippen LogP contribution < -0.4 is 0 Å². The van der Waals surface area contributed by atoms with Crippen LogP contribution in [0.1, 0.15) is 19.8 Å². The van der Waals surface area contributed by atoms with Crippen LogP contribution in [0.15, 0.2) is 58.6 Å². The number of nitrogens with zero attached hydrogens (tertiary/aromatic N) is 4. The summed E-state index contributed by atoms with van der Waals surface area (Å²) < 4.78 is 39.9. The SMILES string of the molecule is CCCn1c2ccccc2c2nnc(SCCCS(=O)(=O)c3ccc(F)cc3)nc21. The third-order valence-corrected chi connectivity index (χ3v) is 7.50. The zero-order chi connectivity index (χ0) is 21.1. The first kappa shape index (κ1) is 20.7. The number of fused-ring (bicyclic) bond motifs is 3. The lowest BCUT2D eigenvalue weighted by atomic mass is 10.2. The lowest BCUT2D eigenvalue weighted by molar-refractivity contribution is 0.593. The molecule has 0 aliphatic carbocycles. The van der Waals surface area contributed by atoms with Crippen molar-refractivity contribution in [2.45, 2.75) is 36.4 Å². The number of rotatable bonds is 8. The molecule has 0 atom stereocenters. The molecule has 0 N–H and O–H groups in total. The van der Waals surface area contributed by atoms with Crippen molar-refractivity contribution in [3.8, 4) is 0 Å². The number of hydrogen-bond acceptors (Lipinski definition) is 6. The number of halogens is 1. The van der Waals surface area contributed by atoms with E-state index in [-0.39, 0.29) is 10.6 Å². The van der Waals surface area contributed by atoms with Gasteiger partial charge in [-0.1, -0.05) is 36.9 Å². The Balaban J connectivity index is 1.47. The number of aryl methyl sites for hydroxylation is 1. The average molecular weight is 445 g/mol. The predicted molar refractivity (Wildman–Crippen MR) is 117 cm³/mol. The Hall–Kier alpha value is -2.52. The Morgan fingerprint density at radius 2 is 1.83 bits per heavy atom. The molecule has 0 spiro atoms. The first-order valence-corrected chi connectivity index (χ1v) is 12.4. The minimum absolute atomic E-state index is 0.0165. The van der Waals surface area contributed by atoms with Gasteiger partial charge < -0.3 is 4.57 Å². The van der Waals surface area contributed by atoms with Gasteiger partial charge in [0, 0.05) is 17.7 Å². The number of thioether (sulfide) groups is 1. The fourth-order valence-corrected chi connectivity index (χ4v) is 5.59. The summed E-state index contributed by atoms with van der Waals surface area (Å²) in [5.74, 6) is 0.0731. The molecule has 2 heterocycles. The number of para-hydroxylation sites is 1. The highest BCUT2D eigenvalue weighted by Crippen LogP contribution is 2.27. The standard InChI is InChI=1S/C21H21FN4O2S2/c1-2-12-26-18-7-4-3-6-17(18)19-20(26)23-21(25-24-19)29-13-5-14-30(27,28)16-10-8-15(22)9-11-16/h3-4,6-11H,2,5,12-14H2,1H3. The van der Waals surface area contributed by atoms with Gasteiger partial charge in [-0.05, 0) is 43.2 Å². The van der Waals surface area contributed by atoms with E-state index in [0.717, 1.165) is 47.2 Å². The number of hydrogen-bond donors (Lipinski definition) is 0. The van der Waals surface area contributed by atoms with E-state index in [9.17, 15) is 12.8 Å². The van der Waals surface area contributed by atoms with E-state index >= 15 is 0 Å². The average Bonchev–Trinajstić information content (AvgIpc) is 3.05. The monoisotopic (exact) mass is 444 g/mol. The fraction of sp³-hybridized carbons (Fsp3) is 0.286. The molecule has 2 aromatic heterocycles. The van der Waals surface area contributed by atoms with Crippen molar-refractivity contribution >= 4 is 43.7 Å². The molecule has 0 radical (unpaired) electrons. The first-order valence-electron chi connectivity index (χ1n) is 9.72. The molecule has 2 aromatic carbocycles. The van der Waals surface area contributed by atoms with Gasteiger partial charge in [-0.25, -0.2) is 17.8 Å². The molecule has 0 fully saturated rings. The molecule has 0 bridgehead atoms. The van der Waals surface area contributed by atoms with Gasteiger partial charge in [0.05, 0.1) is 16.2 Å². The summed E-state index contributed by atoms with van der Waals surface area (Å²) in [4.78, 5) is 4.83. The molecule has 4 rings (SSSR count). The highest BCUT2D eigenvalue weighted by molar-refractivity contribution is 7.99. The second-order valence-corrected chi connectivity index (χ2v) is 10.1. The van der Waals surface area contributed by atoms with Crippen molar-refractivity contribution in [3.63, 3.8) is 0 Å². The van der Waals surface area contributed by atoms with Crippen molar-refractivity contribution in [1.29, 1.82) is 0 Å². The van der Waals surface area contributed by atoms with E-state index in [1.165, 1.54) is 23.9 Å². The lowest BCUT2D eigenvalue weighted by Crippen LogP contribution is -2.08. The van der Waals surface area contributed by atoms with Crippen LogP contribution in [-0.2, 0) is 16.4 Å². The largest absolute Gasteiger partial charge is 0.324 e. The van der Waals surface area contributed by atoms with E-state index in [4.69, 9.17) is 4.98 Å². The van der Waals surface area contributed by atoms with Crippen LogP contribution in [0.5, 0.6) is 0 Å². The summed E-state index contributed by atoms with van der Waals surface area (Å²) in [5, 5.41) is 10.2. The van der Waals surface area contributed by atoms with E-state index < -0.39 is 15.7 Å². The van der Waals surface area contributed by atoms with Crippen LogP contribution in [0, 0.1) is 5.82 Å². The molecule has 156 valence electrons. The minimum Gasteiger partial charge on any atom is -0.324 e. The van der Waals surface area contributed by atoms with Gasteiger partial charge >= 0.3 is 0 Å². The van der Waals surface area contributed by atoms with Gasteiger partial charge in [0.15, 0.2) is 15.5 Å². The minimum atomic E-state index is -3.44. The molecule has 0 unspecified atom stereocenters. The molecule has 6 nitrogen and oxygen atoms in total. The maximum absolute atomic E-state index is 13.0. The Bertz CT molecular complexity index is 1290. The maximum Gasteiger partial charge on any atom is 0.211 e. The quantitative estimate of drug-likeness (QED) is 0.226. The highest BCUT2D eigenvalue weighted by atomic mass is 32.2. The van der Waals surface area contributed by atoms with Crippen molar-refractivity contribution < 1.29 is 12.8 Å². The van der Waals surface area contributed by atoms with E-state index in [1.807, 2.05) is 18.2 Å². The molecular weight excluding hydrogens is 423 g/mol. The van der Waals surface area contributed by atoms with Crippen molar-refractivity contribution in [2.75, 3.05) is 11.5 Å². The summed E-state index contributed by atoms with van der Waals surface area (Å²) >= 11 is 1.39. The molecule has 9 heteroatoms. The molecule has 4 aromatic rings. The zero-order valence-corrected chi connectivity index (χ0v) is 18.1. The Morgan fingerprint density at radius 1 is 1.07 bits per heavy atom. The van der Waals surface area contributed by atoms with Crippen LogP contribution in [0.2, 0.25) is 0 Å². The fourth-order valence-electron chi connectivity index (χ4n) is 3.37. The van der Waals surface area contributed by atoms with Crippen molar-refractivity contribution in [1.82, 2.24) is 19.7 Å². The summed E-state index contributed by atoms with van der Waals surface area (Å²) in [6.07, 6.45) is 1.41. The second kappa shape index (κ2) is 8.69. The van der Waals surface area contributed by atoms with Gasteiger partial charge in [-0.15, -0.1) is 10.2 Å². The molecule has 0 aliphatic rings. The molecule has 0 amide bonds. The number of sulfone groups is 1. The first-order chi connectivity index (χ1) is 14.5. The normalized spacial score (nSPS) is 12.1. The molecule has 0 saturated carbocycles. The number of benzene rings is 2. The van der Waals surface area contributed by atoms with E-state index in [2.05, 4.69) is 27.8 Å². The molecule has 0 saturated heterocycles. The van der Waals surface area contributed by atoms with Gasteiger partial charge in [0.25, 0.3) is 0 Å². The summed E-state index contributed by atoms with van der Waals surface area (Å²) in [7, 11) is -3.44. The molecule has 0 aliphatic heterocycles. The van der Waals surface area contributed by atoms with Crippen LogP contribution in [-0.4, -0.2) is 39.7 Å². The number of aromatic nitrogens is 4. The summed E-state index contributed by atoms with van der Waals surface area (Å²) in [6, 6.07) is 13.0. The topological polar surface area (TPSA) is 77.7 Å². The highest BCUT2D eigenvalue weighted by Gasteiger charge is 2.16. The third-order valence-electron chi connectivity index (χ3n) is 4.76. The smallest absolute Gasteiger partial charge is 0.211 e. The van der Waals surface area contributed by atoms with Crippen LogP contribution in [0.4, 0.5) is 4.39 Å². The Kier molecular flexibility index (Phi) is 6.01. The summed E-state index contributed by atoms with van der Waals surface area (Å²) in [6.45, 7) is 2.95. The Morgan fingerprint density at radius 3 is 2.60 bits per heavy atom. The third kappa shape index (κ3) is 4.17. The van der Waals surface area contributed by atoms with E-state index in [0.29, 0.717) is 17.3 Å². The lowest BCUT2D eigenvalue weighted by Gasteiger charge is -2.05. The maximum atomic E-state index is 13.0. The van der Waals surface area contributed by atoms with Crippen LogP contribution in [0.25, 0.3) is 22.1 Å². The predicted octanol–water partition coefficient (Wildman–Crippen LogP) is 4.48. The van der Waals surface area contributed by atoms with Crippen molar-refractivity contribution in [3.05, 3.63) is 54.3 Å².